The highest BCUT2D eigenvalue weighted by atomic mass is 15.2. The Hall–Kier alpha value is -0.0800. The molecule has 3 fully saturated rings. The molecule has 1 N–H and O–H groups in total. The Morgan fingerprint density at radius 1 is 0.905 bits per heavy atom. The third kappa shape index (κ3) is 4.69. The van der Waals surface area contributed by atoms with E-state index in [-0.39, 0.29) is 0 Å². The summed E-state index contributed by atoms with van der Waals surface area (Å²) in [5.74, 6) is 2.86. The first-order valence-corrected chi connectivity index (χ1v) is 9.69. The first-order valence-electron chi connectivity index (χ1n) is 9.69. The van der Waals surface area contributed by atoms with Crippen molar-refractivity contribution in [1.29, 1.82) is 0 Å². The third-order valence-electron chi connectivity index (χ3n) is 5.97. The Kier molecular flexibility index (Phi) is 5.61. The third-order valence-corrected chi connectivity index (χ3v) is 5.97. The van der Waals surface area contributed by atoms with Crippen LogP contribution in [0.5, 0.6) is 0 Å². The van der Waals surface area contributed by atoms with Crippen LogP contribution in [0.4, 0.5) is 0 Å². The standard InChI is InChI=1S/C19H36N2/c1-15(2)12-17-4-3-5-19(13-17)21(18-6-7-18)14-16-8-10-20-11-9-16/h15-20H,3-14H2,1-2H3. The minimum atomic E-state index is 0.882. The minimum Gasteiger partial charge on any atom is -0.317 e. The lowest BCUT2D eigenvalue weighted by Gasteiger charge is -2.40. The molecule has 1 aliphatic heterocycles. The molecule has 2 saturated carbocycles. The largest absolute Gasteiger partial charge is 0.317 e. The maximum absolute atomic E-state index is 3.52. The Bertz CT molecular complexity index is 305. The molecule has 0 radical (unpaired) electrons. The number of hydrogen-bond acceptors (Lipinski definition) is 2. The van der Waals surface area contributed by atoms with Crippen LogP contribution < -0.4 is 5.32 Å². The molecule has 3 aliphatic rings. The predicted octanol–water partition coefficient (Wildman–Crippen LogP) is 4.06. The molecule has 1 heterocycles. The molecule has 2 aliphatic carbocycles. The van der Waals surface area contributed by atoms with Crippen LogP contribution in [-0.2, 0) is 0 Å². The van der Waals surface area contributed by atoms with Gasteiger partial charge in [-0.1, -0.05) is 26.7 Å². The molecule has 1 saturated heterocycles. The van der Waals surface area contributed by atoms with Gasteiger partial charge in [-0.25, -0.2) is 0 Å². The monoisotopic (exact) mass is 292 g/mol. The van der Waals surface area contributed by atoms with E-state index < -0.39 is 0 Å². The topological polar surface area (TPSA) is 15.3 Å². The van der Waals surface area contributed by atoms with Crippen molar-refractivity contribution in [3.8, 4) is 0 Å². The van der Waals surface area contributed by atoms with E-state index in [0.717, 1.165) is 29.8 Å². The summed E-state index contributed by atoms with van der Waals surface area (Å²) in [6, 6.07) is 1.88. The fourth-order valence-corrected chi connectivity index (χ4v) is 4.81. The van der Waals surface area contributed by atoms with Crippen LogP contribution in [0, 0.1) is 17.8 Å². The zero-order valence-electron chi connectivity index (χ0n) is 14.3. The highest BCUT2D eigenvalue weighted by molar-refractivity contribution is 4.92. The molecule has 0 aromatic rings. The average Bonchev–Trinajstić information content (AvgIpc) is 3.30. The molecule has 0 aromatic carbocycles. The first kappa shape index (κ1) is 15.8. The highest BCUT2D eigenvalue weighted by Gasteiger charge is 2.37. The molecule has 2 nitrogen and oxygen atoms in total. The molecule has 2 heteroatoms. The van der Waals surface area contributed by atoms with Gasteiger partial charge in [0.15, 0.2) is 0 Å². The van der Waals surface area contributed by atoms with Crippen LogP contribution in [0.25, 0.3) is 0 Å². The van der Waals surface area contributed by atoms with Crippen molar-refractivity contribution in [2.75, 3.05) is 19.6 Å². The second-order valence-corrected chi connectivity index (χ2v) is 8.44. The molecule has 0 amide bonds. The van der Waals surface area contributed by atoms with Gasteiger partial charge < -0.3 is 5.32 Å². The van der Waals surface area contributed by atoms with Crippen LogP contribution >= 0.6 is 0 Å². The summed E-state index contributed by atoms with van der Waals surface area (Å²) in [4.78, 5) is 2.97. The molecule has 21 heavy (non-hydrogen) atoms. The molecular formula is C19H36N2. The van der Waals surface area contributed by atoms with E-state index in [1.54, 1.807) is 0 Å². The number of piperidine rings is 1. The molecule has 0 spiro atoms. The van der Waals surface area contributed by atoms with Crippen molar-refractivity contribution in [2.45, 2.75) is 83.7 Å². The number of hydrogen-bond donors (Lipinski definition) is 1. The second-order valence-electron chi connectivity index (χ2n) is 8.44. The second kappa shape index (κ2) is 7.46. The van der Waals surface area contributed by atoms with Gasteiger partial charge in [0.05, 0.1) is 0 Å². The molecular weight excluding hydrogens is 256 g/mol. The average molecular weight is 293 g/mol. The summed E-state index contributed by atoms with van der Waals surface area (Å²) < 4.78 is 0. The van der Waals surface area contributed by atoms with Crippen molar-refractivity contribution in [2.24, 2.45) is 17.8 Å². The van der Waals surface area contributed by atoms with E-state index in [4.69, 9.17) is 0 Å². The number of nitrogens with zero attached hydrogens (tertiary/aromatic N) is 1. The van der Waals surface area contributed by atoms with E-state index in [9.17, 15) is 0 Å². The maximum atomic E-state index is 3.52. The van der Waals surface area contributed by atoms with Gasteiger partial charge in [-0.3, -0.25) is 4.90 Å². The van der Waals surface area contributed by atoms with Gasteiger partial charge in [0, 0.05) is 18.6 Å². The summed E-state index contributed by atoms with van der Waals surface area (Å²) in [5, 5.41) is 3.52. The van der Waals surface area contributed by atoms with Gasteiger partial charge in [-0.05, 0) is 75.8 Å². The number of rotatable bonds is 6. The Morgan fingerprint density at radius 2 is 1.67 bits per heavy atom. The predicted molar refractivity (Wildman–Crippen MR) is 90.5 cm³/mol. The number of nitrogens with one attached hydrogen (secondary N) is 1. The lowest BCUT2D eigenvalue weighted by atomic mass is 9.80. The molecule has 3 rings (SSSR count). The van der Waals surface area contributed by atoms with Crippen LogP contribution in [0.3, 0.4) is 0 Å². The summed E-state index contributed by atoms with van der Waals surface area (Å²) in [5.41, 5.74) is 0. The lowest BCUT2D eigenvalue weighted by Crippen LogP contribution is -2.45. The quantitative estimate of drug-likeness (QED) is 0.794. The molecule has 0 bridgehead atoms. The van der Waals surface area contributed by atoms with Gasteiger partial charge in [0.1, 0.15) is 0 Å². The molecule has 2 unspecified atom stereocenters. The van der Waals surface area contributed by atoms with Crippen molar-refractivity contribution in [1.82, 2.24) is 10.2 Å². The first-order chi connectivity index (χ1) is 10.2. The van der Waals surface area contributed by atoms with Crippen LogP contribution in [-0.4, -0.2) is 36.6 Å². The van der Waals surface area contributed by atoms with Gasteiger partial charge in [0.2, 0.25) is 0 Å². The van der Waals surface area contributed by atoms with Crippen molar-refractivity contribution < 1.29 is 0 Å². The van der Waals surface area contributed by atoms with Gasteiger partial charge in [0.25, 0.3) is 0 Å². The summed E-state index contributed by atoms with van der Waals surface area (Å²) in [6.45, 7) is 8.72. The Balaban J connectivity index is 1.55. The molecule has 0 aromatic heterocycles. The maximum Gasteiger partial charge on any atom is 0.0101 e. The van der Waals surface area contributed by atoms with E-state index in [1.165, 1.54) is 77.4 Å². The summed E-state index contributed by atoms with van der Waals surface area (Å²) >= 11 is 0. The fraction of sp³-hybridized carbons (Fsp3) is 1.00. The van der Waals surface area contributed by atoms with E-state index in [2.05, 4.69) is 24.1 Å². The van der Waals surface area contributed by atoms with Gasteiger partial charge in [-0.2, -0.15) is 0 Å². The van der Waals surface area contributed by atoms with Crippen LogP contribution in [0.1, 0.15) is 71.6 Å². The van der Waals surface area contributed by atoms with Crippen molar-refractivity contribution in [3.05, 3.63) is 0 Å². The normalized spacial score (nSPS) is 32.0. The molecule has 122 valence electrons. The van der Waals surface area contributed by atoms with Gasteiger partial charge in [-0.15, -0.1) is 0 Å². The van der Waals surface area contributed by atoms with E-state index in [1.807, 2.05) is 0 Å². The highest BCUT2D eigenvalue weighted by Crippen LogP contribution is 2.38. The molecule has 2 atom stereocenters. The van der Waals surface area contributed by atoms with Crippen molar-refractivity contribution in [3.63, 3.8) is 0 Å². The smallest absolute Gasteiger partial charge is 0.0101 e. The van der Waals surface area contributed by atoms with E-state index in [0.29, 0.717) is 0 Å². The zero-order valence-corrected chi connectivity index (χ0v) is 14.3. The minimum absolute atomic E-state index is 0.882. The fourth-order valence-electron chi connectivity index (χ4n) is 4.81. The Labute approximate surface area is 132 Å². The lowest BCUT2D eigenvalue weighted by molar-refractivity contribution is 0.0909. The SMILES string of the molecule is CC(C)CC1CCCC(N(CC2CCNCC2)C2CC2)C1. The zero-order chi connectivity index (χ0) is 14.7. The van der Waals surface area contributed by atoms with Crippen LogP contribution in [0.15, 0.2) is 0 Å². The van der Waals surface area contributed by atoms with Gasteiger partial charge >= 0.3 is 0 Å². The van der Waals surface area contributed by atoms with Crippen LogP contribution in [0.2, 0.25) is 0 Å². The summed E-state index contributed by atoms with van der Waals surface area (Å²) in [7, 11) is 0. The van der Waals surface area contributed by atoms with E-state index >= 15 is 0 Å². The van der Waals surface area contributed by atoms with Crippen molar-refractivity contribution >= 4 is 0 Å². The summed E-state index contributed by atoms with van der Waals surface area (Å²) in [6.07, 6.45) is 13.2. The Morgan fingerprint density at radius 3 is 2.33 bits per heavy atom.